The van der Waals surface area contributed by atoms with Crippen LogP contribution in [0.15, 0.2) is 18.2 Å². The van der Waals surface area contributed by atoms with E-state index in [1.165, 1.54) is 6.07 Å². The SMILES string of the molecule is CC(=O)N1CCC(c2cccc(F)c2Cl)CC1. The lowest BCUT2D eigenvalue weighted by molar-refractivity contribution is -0.129. The third kappa shape index (κ3) is 2.60. The number of halogens is 2. The molecule has 4 heteroatoms. The Morgan fingerprint density at radius 3 is 2.65 bits per heavy atom. The summed E-state index contributed by atoms with van der Waals surface area (Å²) in [4.78, 5) is 13.0. The molecule has 0 aliphatic carbocycles. The minimum atomic E-state index is -0.363. The molecule has 1 aliphatic heterocycles. The van der Waals surface area contributed by atoms with Crippen molar-refractivity contribution < 1.29 is 9.18 Å². The minimum absolute atomic E-state index is 0.105. The van der Waals surface area contributed by atoms with Crippen molar-refractivity contribution in [1.82, 2.24) is 4.90 Å². The Morgan fingerprint density at radius 2 is 2.06 bits per heavy atom. The van der Waals surface area contributed by atoms with Gasteiger partial charge in [0.1, 0.15) is 5.82 Å². The summed E-state index contributed by atoms with van der Waals surface area (Å²) in [6, 6.07) is 4.93. The van der Waals surface area contributed by atoms with Crippen molar-refractivity contribution in [2.75, 3.05) is 13.1 Å². The zero-order chi connectivity index (χ0) is 12.4. The summed E-state index contributed by atoms with van der Waals surface area (Å²) in [6.45, 7) is 3.04. The van der Waals surface area contributed by atoms with Crippen molar-refractivity contribution in [2.45, 2.75) is 25.7 Å². The lowest BCUT2D eigenvalue weighted by Crippen LogP contribution is -2.36. The lowest BCUT2D eigenvalue weighted by Gasteiger charge is -2.31. The number of carbonyl (C=O) groups excluding carboxylic acids is 1. The van der Waals surface area contributed by atoms with Gasteiger partial charge in [0, 0.05) is 20.0 Å². The topological polar surface area (TPSA) is 20.3 Å². The second-order valence-electron chi connectivity index (χ2n) is 4.42. The average molecular weight is 256 g/mol. The summed E-state index contributed by atoms with van der Waals surface area (Å²) in [5.41, 5.74) is 0.870. The van der Waals surface area contributed by atoms with Crippen LogP contribution >= 0.6 is 11.6 Å². The molecular formula is C13H15ClFNO. The second-order valence-corrected chi connectivity index (χ2v) is 4.80. The van der Waals surface area contributed by atoms with Crippen molar-refractivity contribution in [2.24, 2.45) is 0 Å². The highest BCUT2D eigenvalue weighted by atomic mass is 35.5. The van der Waals surface area contributed by atoms with E-state index >= 15 is 0 Å². The maximum absolute atomic E-state index is 13.3. The van der Waals surface area contributed by atoms with Crippen molar-refractivity contribution >= 4 is 17.5 Å². The van der Waals surface area contributed by atoms with Crippen LogP contribution in [0.5, 0.6) is 0 Å². The maximum Gasteiger partial charge on any atom is 0.219 e. The number of rotatable bonds is 1. The summed E-state index contributed by atoms with van der Waals surface area (Å²) in [6.07, 6.45) is 1.70. The summed E-state index contributed by atoms with van der Waals surface area (Å²) >= 11 is 5.97. The van der Waals surface area contributed by atoms with Gasteiger partial charge in [-0.15, -0.1) is 0 Å². The first kappa shape index (κ1) is 12.4. The van der Waals surface area contributed by atoms with Crippen LogP contribution in [0.1, 0.15) is 31.2 Å². The summed E-state index contributed by atoms with van der Waals surface area (Å²) in [7, 11) is 0. The zero-order valence-electron chi connectivity index (χ0n) is 9.75. The molecule has 0 aromatic heterocycles. The molecule has 92 valence electrons. The van der Waals surface area contributed by atoms with Gasteiger partial charge in [-0.3, -0.25) is 4.79 Å². The molecule has 1 saturated heterocycles. The Labute approximate surface area is 105 Å². The number of carbonyl (C=O) groups is 1. The number of piperidine rings is 1. The number of likely N-dealkylation sites (tertiary alicyclic amines) is 1. The molecule has 2 nitrogen and oxygen atoms in total. The molecule has 0 saturated carbocycles. The van der Waals surface area contributed by atoms with Gasteiger partial charge in [-0.2, -0.15) is 0 Å². The molecule has 1 aromatic rings. The van der Waals surface area contributed by atoms with Gasteiger partial charge < -0.3 is 4.90 Å². The standard InChI is InChI=1S/C13H15ClFNO/c1-9(17)16-7-5-10(6-8-16)11-3-2-4-12(15)13(11)14/h2-4,10H,5-8H2,1H3. The molecular weight excluding hydrogens is 241 g/mol. The van der Waals surface area contributed by atoms with Crippen LogP contribution < -0.4 is 0 Å². The van der Waals surface area contributed by atoms with Gasteiger partial charge in [0.05, 0.1) is 5.02 Å². The van der Waals surface area contributed by atoms with E-state index in [0.29, 0.717) is 0 Å². The van der Waals surface area contributed by atoms with Crippen molar-refractivity contribution in [3.05, 3.63) is 34.6 Å². The van der Waals surface area contributed by atoms with E-state index in [4.69, 9.17) is 11.6 Å². The Balaban J connectivity index is 2.10. The summed E-state index contributed by atoms with van der Waals surface area (Å²) < 4.78 is 13.3. The highest BCUT2D eigenvalue weighted by Gasteiger charge is 2.24. The van der Waals surface area contributed by atoms with E-state index in [-0.39, 0.29) is 22.7 Å². The first-order chi connectivity index (χ1) is 8.09. The van der Waals surface area contributed by atoms with Crippen LogP contribution in [0.4, 0.5) is 4.39 Å². The fraction of sp³-hybridized carbons (Fsp3) is 0.462. The Hall–Kier alpha value is -1.09. The summed E-state index contributed by atoms with van der Waals surface area (Å²) in [5, 5.41) is 0.230. The van der Waals surface area contributed by atoms with Gasteiger partial charge in [-0.25, -0.2) is 4.39 Å². The second kappa shape index (κ2) is 5.05. The third-order valence-electron chi connectivity index (χ3n) is 3.36. The van der Waals surface area contributed by atoms with Gasteiger partial charge in [-0.1, -0.05) is 23.7 Å². The highest BCUT2D eigenvalue weighted by molar-refractivity contribution is 6.31. The lowest BCUT2D eigenvalue weighted by atomic mass is 9.89. The number of benzene rings is 1. The predicted molar refractivity (Wildman–Crippen MR) is 65.6 cm³/mol. The molecule has 0 bridgehead atoms. The van der Waals surface area contributed by atoms with Crippen LogP contribution in [0.3, 0.4) is 0 Å². The van der Waals surface area contributed by atoms with E-state index < -0.39 is 0 Å². The van der Waals surface area contributed by atoms with Crippen LogP contribution in [0, 0.1) is 5.82 Å². The number of amides is 1. The van der Waals surface area contributed by atoms with Crippen LogP contribution in [0.25, 0.3) is 0 Å². The maximum atomic E-state index is 13.3. The quantitative estimate of drug-likeness (QED) is 0.755. The zero-order valence-corrected chi connectivity index (χ0v) is 10.5. The molecule has 1 amide bonds. The van der Waals surface area contributed by atoms with E-state index in [1.807, 2.05) is 11.0 Å². The molecule has 0 N–H and O–H groups in total. The normalized spacial score (nSPS) is 17.2. The average Bonchev–Trinajstić information content (AvgIpc) is 2.33. The molecule has 1 aromatic carbocycles. The largest absolute Gasteiger partial charge is 0.343 e. The molecule has 1 fully saturated rings. The fourth-order valence-electron chi connectivity index (χ4n) is 2.34. The molecule has 0 atom stereocenters. The molecule has 1 aliphatic rings. The number of hydrogen-bond acceptors (Lipinski definition) is 1. The fourth-order valence-corrected chi connectivity index (χ4v) is 2.62. The van der Waals surface area contributed by atoms with Crippen LogP contribution in [-0.4, -0.2) is 23.9 Å². The van der Waals surface area contributed by atoms with Crippen LogP contribution in [0.2, 0.25) is 5.02 Å². The van der Waals surface area contributed by atoms with Crippen LogP contribution in [-0.2, 0) is 4.79 Å². The van der Waals surface area contributed by atoms with E-state index in [1.54, 1.807) is 13.0 Å². The molecule has 2 rings (SSSR count). The van der Waals surface area contributed by atoms with Gasteiger partial charge in [0.2, 0.25) is 5.91 Å². The van der Waals surface area contributed by atoms with E-state index in [0.717, 1.165) is 31.5 Å². The Morgan fingerprint density at radius 1 is 1.41 bits per heavy atom. The molecule has 0 spiro atoms. The molecule has 17 heavy (non-hydrogen) atoms. The van der Waals surface area contributed by atoms with Crippen molar-refractivity contribution in [3.8, 4) is 0 Å². The van der Waals surface area contributed by atoms with Crippen molar-refractivity contribution in [3.63, 3.8) is 0 Å². The number of hydrogen-bond donors (Lipinski definition) is 0. The van der Waals surface area contributed by atoms with Gasteiger partial charge in [-0.05, 0) is 30.4 Å². The first-order valence-corrected chi connectivity index (χ1v) is 6.17. The smallest absolute Gasteiger partial charge is 0.219 e. The molecule has 0 unspecified atom stereocenters. The number of nitrogens with zero attached hydrogens (tertiary/aromatic N) is 1. The van der Waals surface area contributed by atoms with Gasteiger partial charge in [0.25, 0.3) is 0 Å². The van der Waals surface area contributed by atoms with Gasteiger partial charge >= 0.3 is 0 Å². The van der Waals surface area contributed by atoms with E-state index in [2.05, 4.69) is 0 Å². The summed E-state index contributed by atoms with van der Waals surface area (Å²) in [5.74, 6) is 0.000698. The first-order valence-electron chi connectivity index (χ1n) is 5.79. The van der Waals surface area contributed by atoms with Crippen molar-refractivity contribution in [1.29, 1.82) is 0 Å². The van der Waals surface area contributed by atoms with E-state index in [9.17, 15) is 9.18 Å². The molecule has 1 heterocycles. The minimum Gasteiger partial charge on any atom is -0.343 e. The highest BCUT2D eigenvalue weighted by Crippen LogP contribution is 2.33. The Bertz CT molecular complexity index is 427. The Kier molecular flexibility index (Phi) is 3.67. The third-order valence-corrected chi connectivity index (χ3v) is 3.76. The monoisotopic (exact) mass is 255 g/mol. The predicted octanol–water partition coefficient (Wildman–Crippen LogP) is 3.21. The van der Waals surface area contributed by atoms with Gasteiger partial charge in [0.15, 0.2) is 0 Å². The molecule has 0 radical (unpaired) electrons.